The number of hydrogen-bond donors (Lipinski definition) is 1. The Hall–Kier alpha value is -2.08. The summed E-state index contributed by atoms with van der Waals surface area (Å²) in [6.45, 7) is 0. The van der Waals surface area contributed by atoms with E-state index in [9.17, 15) is 4.79 Å². The van der Waals surface area contributed by atoms with E-state index in [-0.39, 0.29) is 5.91 Å². The molecular weight excluding hydrogens is 427 g/mol. The number of carbonyl (C=O) groups excluding carboxylic acids is 1. The van der Waals surface area contributed by atoms with E-state index in [2.05, 4.69) is 26.5 Å². The molecule has 0 aliphatic carbocycles. The lowest BCUT2D eigenvalue weighted by Gasteiger charge is -2.02. The highest BCUT2D eigenvalue weighted by Crippen LogP contribution is 2.34. The van der Waals surface area contributed by atoms with Gasteiger partial charge in [-0.15, -0.1) is 0 Å². The predicted molar refractivity (Wildman–Crippen MR) is 103 cm³/mol. The summed E-state index contributed by atoms with van der Waals surface area (Å²) in [6, 6.07) is 15.8. The number of benzene rings is 2. The topological polar surface area (TPSA) is 54.6 Å². The van der Waals surface area contributed by atoms with Gasteiger partial charge >= 0.3 is 0 Å². The Morgan fingerprint density at radius 2 is 1.92 bits per heavy atom. The van der Waals surface area contributed by atoms with Crippen molar-refractivity contribution in [2.75, 3.05) is 0 Å². The van der Waals surface area contributed by atoms with Gasteiger partial charge in [-0.3, -0.25) is 4.79 Å². The van der Waals surface area contributed by atoms with Crippen molar-refractivity contribution in [1.29, 1.82) is 0 Å². The molecule has 1 heterocycles. The van der Waals surface area contributed by atoms with E-state index < -0.39 is 0 Å². The van der Waals surface area contributed by atoms with Gasteiger partial charge in [-0.1, -0.05) is 51.3 Å². The van der Waals surface area contributed by atoms with Crippen molar-refractivity contribution in [1.82, 2.24) is 5.43 Å². The number of rotatable bonds is 4. The molecule has 0 saturated carbocycles. The highest BCUT2D eigenvalue weighted by atomic mass is 79.9. The zero-order valence-corrected chi connectivity index (χ0v) is 15.8. The van der Waals surface area contributed by atoms with Gasteiger partial charge in [0, 0.05) is 15.6 Å². The number of nitrogens with zero attached hydrogens (tertiary/aromatic N) is 1. The van der Waals surface area contributed by atoms with Gasteiger partial charge in [-0.2, -0.15) is 5.10 Å². The van der Waals surface area contributed by atoms with E-state index >= 15 is 0 Å². The maximum atomic E-state index is 12.0. The molecule has 0 fully saturated rings. The minimum absolute atomic E-state index is 0.317. The molecule has 0 radical (unpaired) electrons. The van der Waals surface area contributed by atoms with Gasteiger partial charge in [0.2, 0.25) is 0 Å². The van der Waals surface area contributed by atoms with Gasteiger partial charge < -0.3 is 4.42 Å². The third kappa shape index (κ3) is 4.31. The summed E-state index contributed by atoms with van der Waals surface area (Å²) in [6.07, 6.45) is 1.41. The average Bonchev–Trinajstić information content (AvgIpc) is 3.06. The quantitative estimate of drug-likeness (QED) is 0.415. The lowest BCUT2D eigenvalue weighted by molar-refractivity contribution is 0.0955. The molecule has 25 heavy (non-hydrogen) atoms. The summed E-state index contributed by atoms with van der Waals surface area (Å²) in [7, 11) is 0. The van der Waals surface area contributed by atoms with Crippen LogP contribution in [-0.2, 0) is 0 Å². The zero-order chi connectivity index (χ0) is 17.8. The van der Waals surface area contributed by atoms with Gasteiger partial charge in [0.05, 0.1) is 16.3 Å². The maximum absolute atomic E-state index is 12.0. The summed E-state index contributed by atoms with van der Waals surface area (Å²) >= 11 is 15.5. The SMILES string of the molecule is O=C(N/N=C\c1ccc(-c2cccc(Cl)c2Cl)o1)c1cccc(Br)c1. The van der Waals surface area contributed by atoms with Gasteiger partial charge in [0.1, 0.15) is 11.5 Å². The number of furan rings is 1. The molecule has 3 rings (SSSR count). The standard InChI is InChI=1S/C18H11BrCl2N2O2/c19-12-4-1-3-11(9-12)18(24)23-22-10-13-7-8-16(25-13)14-5-2-6-15(20)17(14)21/h1-10H,(H,23,24)/b22-10-. The Morgan fingerprint density at radius 1 is 1.12 bits per heavy atom. The molecule has 4 nitrogen and oxygen atoms in total. The smallest absolute Gasteiger partial charge is 0.271 e. The van der Waals surface area contributed by atoms with E-state index in [4.69, 9.17) is 27.6 Å². The Morgan fingerprint density at radius 3 is 2.72 bits per heavy atom. The molecule has 1 amide bonds. The van der Waals surface area contributed by atoms with Crippen molar-refractivity contribution < 1.29 is 9.21 Å². The van der Waals surface area contributed by atoms with E-state index in [1.54, 1.807) is 42.5 Å². The summed E-state index contributed by atoms with van der Waals surface area (Å²) in [4.78, 5) is 12.0. The Bertz CT molecular complexity index is 954. The molecule has 0 bridgehead atoms. The average molecular weight is 438 g/mol. The van der Waals surface area contributed by atoms with Crippen molar-refractivity contribution in [3.8, 4) is 11.3 Å². The Kier molecular flexibility index (Phi) is 5.58. The third-order valence-electron chi connectivity index (χ3n) is 3.29. The van der Waals surface area contributed by atoms with Crippen molar-refractivity contribution in [2.24, 2.45) is 5.10 Å². The van der Waals surface area contributed by atoms with Crippen LogP contribution >= 0.6 is 39.1 Å². The van der Waals surface area contributed by atoms with E-state index in [1.165, 1.54) is 6.21 Å². The van der Waals surface area contributed by atoms with Crippen molar-refractivity contribution in [3.63, 3.8) is 0 Å². The fraction of sp³-hybridized carbons (Fsp3) is 0. The van der Waals surface area contributed by atoms with E-state index in [0.29, 0.717) is 32.7 Å². The minimum Gasteiger partial charge on any atom is -0.455 e. The van der Waals surface area contributed by atoms with E-state index in [0.717, 1.165) is 4.47 Å². The second-order valence-corrected chi connectivity index (χ2v) is 6.71. The van der Waals surface area contributed by atoms with E-state index in [1.807, 2.05) is 12.1 Å². The second kappa shape index (κ2) is 7.87. The van der Waals surface area contributed by atoms with Crippen LogP contribution in [0.2, 0.25) is 10.0 Å². The molecule has 2 aromatic carbocycles. The molecule has 0 aliphatic heterocycles. The van der Waals surface area contributed by atoms with Gasteiger partial charge in [0.15, 0.2) is 0 Å². The molecule has 1 aromatic heterocycles. The van der Waals surface area contributed by atoms with Crippen LogP contribution in [0.15, 0.2) is 68.6 Å². The fourth-order valence-electron chi connectivity index (χ4n) is 2.11. The first kappa shape index (κ1) is 17.7. The number of halogens is 3. The molecule has 7 heteroatoms. The molecule has 1 N–H and O–H groups in total. The molecule has 0 spiro atoms. The summed E-state index contributed by atoms with van der Waals surface area (Å²) in [5.74, 6) is 0.718. The van der Waals surface area contributed by atoms with Crippen LogP contribution in [-0.4, -0.2) is 12.1 Å². The summed E-state index contributed by atoms with van der Waals surface area (Å²) < 4.78 is 6.48. The van der Waals surface area contributed by atoms with Crippen molar-refractivity contribution >= 4 is 51.3 Å². The number of carbonyl (C=O) groups is 1. The third-order valence-corrected chi connectivity index (χ3v) is 4.60. The second-order valence-electron chi connectivity index (χ2n) is 5.01. The van der Waals surface area contributed by atoms with Crippen LogP contribution in [0.1, 0.15) is 16.1 Å². The van der Waals surface area contributed by atoms with Crippen LogP contribution in [0.25, 0.3) is 11.3 Å². The molecule has 0 aliphatic rings. The number of hydrogen-bond acceptors (Lipinski definition) is 3. The van der Waals surface area contributed by atoms with Crippen molar-refractivity contribution in [3.05, 3.63) is 80.4 Å². The van der Waals surface area contributed by atoms with Crippen molar-refractivity contribution in [2.45, 2.75) is 0 Å². The Balaban J connectivity index is 1.70. The summed E-state index contributed by atoms with van der Waals surface area (Å²) in [5, 5.41) is 4.77. The maximum Gasteiger partial charge on any atom is 0.271 e. The van der Waals surface area contributed by atoms with Crippen LogP contribution in [0.5, 0.6) is 0 Å². The molecule has 0 unspecified atom stereocenters. The molecule has 3 aromatic rings. The predicted octanol–water partition coefficient (Wildman–Crippen LogP) is 5.78. The highest BCUT2D eigenvalue weighted by Gasteiger charge is 2.10. The van der Waals surface area contributed by atoms with Gasteiger partial charge in [0.25, 0.3) is 5.91 Å². The number of amides is 1. The van der Waals surface area contributed by atoms with Crippen LogP contribution in [0.3, 0.4) is 0 Å². The fourth-order valence-corrected chi connectivity index (χ4v) is 2.90. The highest BCUT2D eigenvalue weighted by molar-refractivity contribution is 9.10. The lowest BCUT2D eigenvalue weighted by Crippen LogP contribution is -2.17. The Labute approximate surface area is 162 Å². The molecular formula is C18H11BrCl2N2O2. The number of hydrazone groups is 1. The van der Waals surface area contributed by atoms with Crippen LogP contribution in [0.4, 0.5) is 0 Å². The molecule has 0 atom stereocenters. The first-order valence-corrected chi connectivity index (χ1v) is 8.72. The lowest BCUT2D eigenvalue weighted by atomic mass is 10.2. The van der Waals surface area contributed by atoms with Gasteiger partial charge in [-0.25, -0.2) is 5.43 Å². The largest absolute Gasteiger partial charge is 0.455 e. The minimum atomic E-state index is -0.317. The molecule has 126 valence electrons. The number of nitrogens with one attached hydrogen (secondary N) is 1. The normalized spacial score (nSPS) is 11.0. The monoisotopic (exact) mass is 436 g/mol. The first-order valence-electron chi connectivity index (χ1n) is 7.18. The van der Waals surface area contributed by atoms with Crippen LogP contribution in [0, 0.1) is 0 Å². The first-order chi connectivity index (χ1) is 12.0. The summed E-state index contributed by atoms with van der Waals surface area (Å²) in [5.41, 5.74) is 3.63. The zero-order valence-electron chi connectivity index (χ0n) is 12.7. The van der Waals surface area contributed by atoms with Crippen LogP contribution < -0.4 is 5.43 Å². The van der Waals surface area contributed by atoms with Gasteiger partial charge in [-0.05, 0) is 42.5 Å². The molecule has 0 saturated heterocycles.